The second-order valence-electron chi connectivity index (χ2n) is 6.57. The molecule has 0 N–H and O–H groups in total. The summed E-state index contributed by atoms with van der Waals surface area (Å²) in [6.45, 7) is 3.57. The van der Waals surface area contributed by atoms with Gasteiger partial charge in [0.05, 0.1) is 19.1 Å². The van der Waals surface area contributed by atoms with Gasteiger partial charge in [-0.2, -0.15) is 4.31 Å². The Bertz CT molecular complexity index is 756. The zero-order valence-corrected chi connectivity index (χ0v) is 15.6. The van der Waals surface area contributed by atoms with Crippen molar-refractivity contribution in [3.05, 3.63) is 18.2 Å². The number of piperazine rings is 1. The van der Waals surface area contributed by atoms with E-state index in [1.165, 1.54) is 30.7 Å². The number of rotatable bonds is 5. The number of benzene rings is 1. The van der Waals surface area contributed by atoms with E-state index in [1.807, 2.05) is 0 Å². The van der Waals surface area contributed by atoms with Crippen molar-refractivity contribution < 1.29 is 22.7 Å². The molecule has 3 rings (SSSR count). The maximum atomic E-state index is 12.9. The van der Waals surface area contributed by atoms with E-state index in [9.17, 15) is 13.2 Å². The smallest absolute Gasteiger partial charge is 0.243 e. The number of nitrogens with zero attached hydrogens (tertiary/aromatic N) is 2. The highest BCUT2D eigenvalue weighted by Gasteiger charge is 2.42. The molecule has 2 aliphatic rings. The molecule has 0 radical (unpaired) electrons. The van der Waals surface area contributed by atoms with Crippen LogP contribution in [0, 0.1) is 11.8 Å². The summed E-state index contributed by atoms with van der Waals surface area (Å²) >= 11 is 0. The number of amides is 1. The van der Waals surface area contributed by atoms with Gasteiger partial charge in [0, 0.05) is 38.2 Å². The molecule has 1 aromatic rings. The Morgan fingerprint density at radius 1 is 1.08 bits per heavy atom. The van der Waals surface area contributed by atoms with Gasteiger partial charge in [0.2, 0.25) is 15.9 Å². The fourth-order valence-electron chi connectivity index (χ4n) is 3.18. The second kappa shape index (κ2) is 6.84. The number of carbonyl (C=O) groups is 1. The number of methoxy groups -OCH3 is 2. The number of hydrogen-bond donors (Lipinski definition) is 0. The first-order valence-electron chi connectivity index (χ1n) is 8.39. The van der Waals surface area contributed by atoms with E-state index in [0.29, 0.717) is 43.6 Å². The molecule has 138 valence electrons. The molecule has 25 heavy (non-hydrogen) atoms. The first-order chi connectivity index (χ1) is 11.9. The van der Waals surface area contributed by atoms with Crippen molar-refractivity contribution in [2.24, 2.45) is 11.8 Å². The Hall–Kier alpha value is -1.80. The lowest BCUT2D eigenvalue weighted by molar-refractivity contribution is -0.134. The summed E-state index contributed by atoms with van der Waals surface area (Å²) in [4.78, 5) is 14.2. The monoisotopic (exact) mass is 368 g/mol. The topological polar surface area (TPSA) is 76.2 Å². The van der Waals surface area contributed by atoms with Crippen LogP contribution in [0.2, 0.25) is 0 Å². The van der Waals surface area contributed by atoms with Crippen molar-refractivity contribution in [1.82, 2.24) is 9.21 Å². The third-order valence-corrected chi connectivity index (χ3v) is 6.86. The lowest BCUT2D eigenvalue weighted by Crippen LogP contribution is -2.51. The van der Waals surface area contributed by atoms with Crippen molar-refractivity contribution in [3.63, 3.8) is 0 Å². The Morgan fingerprint density at radius 2 is 1.68 bits per heavy atom. The minimum Gasteiger partial charge on any atom is -0.493 e. The Balaban J connectivity index is 1.70. The molecule has 8 heteroatoms. The van der Waals surface area contributed by atoms with E-state index in [-0.39, 0.29) is 16.7 Å². The molecule has 1 aliphatic heterocycles. The standard InChI is InChI=1S/C17H24N2O5S/c1-12-10-14(12)17(20)18-6-8-19(9-7-18)25(21,22)13-4-5-15(23-2)16(11-13)24-3/h4-5,11-12,14H,6-10H2,1-3H3/t12-,14-/m0/s1. The van der Waals surface area contributed by atoms with E-state index in [1.54, 1.807) is 11.0 Å². The summed E-state index contributed by atoms with van der Waals surface area (Å²) in [5.41, 5.74) is 0. The van der Waals surface area contributed by atoms with Crippen molar-refractivity contribution in [2.45, 2.75) is 18.2 Å². The van der Waals surface area contributed by atoms with E-state index in [2.05, 4.69) is 6.92 Å². The molecule has 1 aliphatic carbocycles. The van der Waals surface area contributed by atoms with Gasteiger partial charge in [-0.3, -0.25) is 4.79 Å². The van der Waals surface area contributed by atoms with E-state index in [4.69, 9.17) is 9.47 Å². The van der Waals surface area contributed by atoms with Crippen LogP contribution in [0.25, 0.3) is 0 Å². The van der Waals surface area contributed by atoms with Crippen molar-refractivity contribution in [1.29, 1.82) is 0 Å². The van der Waals surface area contributed by atoms with Crippen LogP contribution in [-0.4, -0.2) is 63.9 Å². The number of sulfonamides is 1. The van der Waals surface area contributed by atoms with Crippen LogP contribution in [0.1, 0.15) is 13.3 Å². The minimum absolute atomic E-state index is 0.133. The van der Waals surface area contributed by atoms with Crippen LogP contribution in [-0.2, 0) is 14.8 Å². The first-order valence-corrected chi connectivity index (χ1v) is 9.83. The van der Waals surface area contributed by atoms with Crippen LogP contribution in [0.15, 0.2) is 23.1 Å². The summed E-state index contributed by atoms with van der Waals surface area (Å²) in [6, 6.07) is 4.57. The summed E-state index contributed by atoms with van der Waals surface area (Å²) < 4.78 is 37.5. The van der Waals surface area contributed by atoms with E-state index in [0.717, 1.165) is 6.42 Å². The SMILES string of the molecule is COc1ccc(S(=O)(=O)N2CCN(C(=O)[C@H]3C[C@@H]3C)CC2)cc1OC. The maximum absolute atomic E-state index is 12.9. The molecule has 1 heterocycles. The molecule has 1 saturated carbocycles. The van der Waals surface area contributed by atoms with Crippen LogP contribution in [0.5, 0.6) is 11.5 Å². The Labute approximate surface area is 148 Å². The summed E-state index contributed by atoms with van der Waals surface area (Å²) in [5, 5.41) is 0. The normalized spacial score (nSPS) is 24.0. The molecule has 1 saturated heterocycles. The van der Waals surface area contributed by atoms with Crippen molar-refractivity contribution in [2.75, 3.05) is 40.4 Å². The predicted octanol–water partition coefficient (Wildman–Crippen LogP) is 1.19. The Morgan fingerprint density at radius 3 is 2.20 bits per heavy atom. The molecule has 2 atom stereocenters. The highest BCUT2D eigenvalue weighted by atomic mass is 32.2. The molecule has 2 fully saturated rings. The van der Waals surface area contributed by atoms with Crippen LogP contribution >= 0.6 is 0 Å². The minimum atomic E-state index is -3.62. The summed E-state index contributed by atoms with van der Waals surface area (Å²) in [6.07, 6.45) is 0.947. The lowest BCUT2D eigenvalue weighted by Gasteiger charge is -2.34. The van der Waals surface area contributed by atoms with Crippen molar-refractivity contribution >= 4 is 15.9 Å². The van der Waals surface area contributed by atoms with Gasteiger partial charge in [-0.25, -0.2) is 8.42 Å². The zero-order valence-electron chi connectivity index (χ0n) is 14.8. The molecule has 1 amide bonds. The molecular weight excluding hydrogens is 344 g/mol. The fourth-order valence-corrected chi connectivity index (χ4v) is 4.61. The molecule has 0 aromatic heterocycles. The first kappa shape index (κ1) is 18.0. The predicted molar refractivity (Wildman–Crippen MR) is 92.2 cm³/mol. The van der Waals surface area contributed by atoms with Crippen molar-refractivity contribution in [3.8, 4) is 11.5 Å². The average molecular weight is 368 g/mol. The molecule has 7 nitrogen and oxygen atoms in total. The van der Waals surface area contributed by atoms with Crippen LogP contribution < -0.4 is 9.47 Å². The lowest BCUT2D eigenvalue weighted by atomic mass is 10.2. The van der Waals surface area contributed by atoms with Gasteiger partial charge in [0.15, 0.2) is 11.5 Å². The third kappa shape index (κ3) is 3.46. The van der Waals surface area contributed by atoms with E-state index >= 15 is 0 Å². The van der Waals surface area contributed by atoms with Crippen LogP contribution in [0.3, 0.4) is 0 Å². The highest BCUT2D eigenvalue weighted by Crippen LogP contribution is 2.39. The number of ether oxygens (including phenoxy) is 2. The summed E-state index contributed by atoms with van der Waals surface area (Å²) in [7, 11) is -0.652. The molecule has 0 bridgehead atoms. The summed E-state index contributed by atoms with van der Waals surface area (Å²) in [5.74, 6) is 1.61. The maximum Gasteiger partial charge on any atom is 0.243 e. The largest absolute Gasteiger partial charge is 0.493 e. The second-order valence-corrected chi connectivity index (χ2v) is 8.50. The van der Waals surface area contributed by atoms with Crippen LogP contribution in [0.4, 0.5) is 0 Å². The van der Waals surface area contributed by atoms with Gasteiger partial charge in [0.25, 0.3) is 0 Å². The quantitative estimate of drug-likeness (QED) is 0.780. The van der Waals surface area contributed by atoms with Gasteiger partial charge in [-0.05, 0) is 24.5 Å². The third-order valence-electron chi connectivity index (χ3n) is 4.97. The molecule has 1 aromatic carbocycles. The van der Waals surface area contributed by atoms with Gasteiger partial charge >= 0.3 is 0 Å². The molecular formula is C17H24N2O5S. The van der Waals surface area contributed by atoms with Gasteiger partial charge in [-0.15, -0.1) is 0 Å². The number of hydrogen-bond acceptors (Lipinski definition) is 5. The highest BCUT2D eigenvalue weighted by molar-refractivity contribution is 7.89. The molecule has 0 spiro atoms. The zero-order chi connectivity index (χ0) is 18.2. The van der Waals surface area contributed by atoms with Gasteiger partial charge < -0.3 is 14.4 Å². The van der Waals surface area contributed by atoms with E-state index < -0.39 is 10.0 Å². The fraction of sp³-hybridized carbons (Fsp3) is 0.588. The number of carbonyl (C=O) groups excluding carboxylic acids is 1. The molecule has 0 unspecified atom stereocenters. The Kier molecular flexibility index (Phi) is 4.92. The van der Waals surface area contributed by atoms with Gasteiger partial charge in [-0.1, -0.05) is 6.92 Å². The average Bonchev–Trinajstić information content (AvgIpc) is 3.37. The van der Waals surface area contributed by atoms with Gasteiger partial charge in [0.1, 0.15) is 0 Å².